The number of benzene rings is 3. The molecule has 0 aromatic heterocycles. The van der Waals surface area contributed by atoms with Gasteiger partial charge in [0.2, 0.25) is 0 Å². The van der Waals surface area contributed by atoms with Gasteiger partial charge in [0.1, 0.15) is 11.6 Å². The fraction of sp³-hybridized carbons (Fsp3) is 0.455. The number of aryl methyl sites for hydroxylation is 6. The van der Waals surface area contributed by atoms with Gasteiger partial charge in [0.25, 0.3) is 0 Å². The highest BCUT2D eigenvalue weighted by Gasteiger charge is 2.13. The molecule has 1 fully saturated rings. The summed E-state index contributed by atoms with van der Waals surface area (Å²) < 4.78 is 25.2. The molecule has 4 rings (SSSR count). The Morgan fingerprint density at radius 2 is 0.743 bits per heavy atom. The van der Waals surface area contributed by atoms with Gasteiger partial charge in [0.15, 0.2) is 0 Å². The maximum Gasteiger partial charge on any atom is 0.126 e. The predicted molar refractivity (Wildman–Crippen MR) is 151 cm³/mol. The first-order chi connectivity index (χ1) is 16.0. The SMILES string of the molecule is C.CC1CCC(C)CC1.Cc1ccc(C)c(F)c1.Cc1ccc(C)c(F)c1.Cc1ccc(C)cc1. The van der Waals surface area contributed by atoms with Crippen molar-refractivity contribution in [1.29, 1.82) is 0 Å². The molecule has 0 amide bonds. The van der Waals surface area contributed by atoms with Crippen molar-refractivity contribution in [3.8, 4) is 0 Å². The molecule has 0 unspecified atom stereocenters. The molecule has 0 nitrogen and oxygen atoms in total. The molecule has 35 heavy (non-hydrogen) atoms. The van der Waals surface area contributed by atoms with Crippen molar-refractivity contribution in [1.82, 2.24) is 0 Å². The van der Waals surface area contributed by atoms with E-state index in [2.05, 4.69) is 52.0 Å². The molecule has 3 aromatic rings. The normalized spacial score (nSPS) is 16.2. The Balaban J connectivity index is 0.000000437. The van der Waals surface area contributed by atoms with Gasteiger partial charge in [-0.05, 0) is 87.8 Å². The summed E-state index contributed by atoms with van der Waals surface area (Å²) in [7, 11) is 0. The van der Waals surface area contributed by atoms with E-state index in [0.29, 0.717) is 11.1 Å². The molecule has 0 atom stereocenters. The maximum absolute atomic E-state index is 12.6. The van der Waals surface area contributed by atoms with Gasteiger partial charge in [-0.25, -0.2) is 8.78 Å². The summed E-state index contributed by atoms with van der Waals surface area (Å²) in [5.74, 6) is 1.81. The van der Waals surface area contributed by atoms with E-state index in [0.717, 1.165) is 23.0 Å². The van der Waals surface area contributed by atoms with Crippen LogP contribution >= 0.6 is 0 Å². The number of rotatable bonds is 0. The monoisotopic (exact) mass is 482 g/mol. The fourth-order valence-corrected chi connectivity index (χ4v) is 3.46. The van der Waals surface area contributed by atoms with Gasteiger partial charge in [-0.3, -0.25) is 0 Å². The highest BCUT2D eigenvalue weighted by Crippen LogP contribution is 2.27. The van der Waals surface area contributed by atoms with Crippen molar-refractivity contribution in [2.24, 2.45) is 11.8 Å². The Labute approximate surface area is 214 Å². The average molecular weight is 483 g/mol. The summed E-state index contributed by atoms with van der Waals surface area (Å²) in [6.45, 7) is 16.2. The summed E-state index contributed by atoms with van der Waals surface area (Å²) in [6.07, 6.45) is 5.89. The third-order valence-electron chi connectivity index (χ3n) is 6.18. The van der Waals surface area contributed by atoms with Crippen LogP contribution < -0.4 is 0 Å². The largest absolute Gasteiger partial charge is 0.207 e. The summed E-state index contributed by atoms with van der Waals surface area (Å²) in [5.41, 5.74) is 6.02. The van der Waals surface area contributed by atoms with Gasteiger partial charge in [0, 0.05) is 0 Å². The lowest BCUT2D eigenvalue weighted by Crippen LogP contribution is -2.08. The zero-order valence-electron chi connectivity index (χ0n) is 22.5. The van der Waals surface area contributed by atoms with E-state index in [1.807, 2.05) is 26.0 Å². The first-order valence-corrected chi connectivity index (χ1v) is 12.5. The lowest BCUT2D eigenvalue weighted by molar-refractivity contribution is 0.308. The Bertz CT molecular complexity index is 884. The smallest absolute Gasteiger partial charge is 0.126 e. The molecule has 0 spiro atoms. The third-order valence-corrected chi connectivity index (χ3v) is 6.18. The second-order valence-corrected chi connectivity index (χ2v) is 10.0. The molecule has 0 saturated heterocycles. The molecule has 194 valence electrons. The van der Waals surface area contributed by atoms with E-state index in [9.17, 15) is 8.78 Å². The van der Waals surface area contributed by atoms with Crippen molar-refractivity contribution >= 4 is 0 Å². The van der Waals surface area contributed by atoms with Crippen LogP contribution in [0.4, 0.5) is 8.78 Å². The van der Waals surface area contributed by atoms with Crippen LogP contribution in [0.5, 0.6) is 0 Å². The van der Waals surface area contributed by atoms with Crippen LogP contribution in [0, 0.1) is 65.0 Å². The van der Waals surface area contributed by atoms with Gasteiger partial charge < -0.3 is 0 Å². The van der Waals surface area contributed by atoms with Crippen LogP contribution in [-0.2, 0) is 0 Å². The number of hydrogen-bond acceptors (Lipinski definition) is 0. The second-order valence-electron chi connectivity index (χ2n) is 10.0. The zero-order chi connectivity index (χ0) is 25.7. The standard InChI is InChI=1S/2C8H9F.C8H16.C8H10.CH4/c2*1-6-3-4-7(2)8(9)5-6;2*1-7-3-5-8(2)6-4-7;/h2*3-5H,1-2H3;7-8H,3-6H2,1-2H3;3-6H,1-2H3;1H4. The van der Waals surface area contributed by atoms with Crippen LogP contribution in [-0.4, -0.2) is 0 Å². The molecule has 1 aliphatic rings. The Morgan fingerprint density at radius 3 is 0.971 bits per heavy atom. The van der Waals surface area contributed by atoms with E-state index in [1.165, 1.54) is 48.9 Å². The molecule has 3 aromatic carbocycles. The Hall–Kier alpha value is -2.48. The lowest BCUT2D eigenvalue weighted by atomic mass is 9.84. The van der Waals surface area contributed by atoms with Gasteiger partial charge in [-0.1, -0.05) is 107 Å². The van der Waals surface area contributed by atoms with Crippen molar-refractivity contribution in [3.63, 3.8) is 0 Å². The molecule has 0 heterocycles. The molecular weight excluding hydrogens is 434 g/mol. The second kappa shape index (κ2) is 17.0. The molecule has 0 radical (unpaired) electrons. The van der Waals surface area contributed by atoms with Crippen LogP contribution in [0.2, 0.25) is 0 Å². The lowest BCUT2D eigenvalue weighted by Gasteiger charge is -2.22. The molecule has 0 bridgehead atoms. The Kier molecular flexibility index (Phi) is 15.8. The van der Waals surface area contributed by atoms with E-state index in [-0.39, 0.29) is 19.1 Å². The summed E-state index contributed by atoms with van der Waals surface area (Å²) in [6, 6.07) is 18.9. The first-order valence-electron chi connectivity index (χ1n) is 12.5. The Morgan fingerprint density at radius 1 is 0.486 bits per heavy atom. The van der Waals surface area contributed by atoms with Crippen LogP contribution in [0.1, 0.15) is 80.3 Å². The van der Waals surface area contributed by atoms with Gasteiger partial charge in [-0.2, -0.15) is 0 Å². The fourth-order valence-electron chi connectivity index (χ4n) is 3.46. The van der Waals surface area contributed by atoms with Crippen LogP contribution in [0.3, 0.4) is 0 Å². The van der Waals surface area contributed by atoms with Crippen molar-refractivity contribution in [2.45, 2.75) is 88.5 Å². The number of halogens is 2. The van der Waals surface area contributed by atoms with Gasteiger partial charge >= 0.3 is 0 Å². The third kappa shape index (κ3) is 14.5. The van der Waals surface area contributed by atoms with E-state index in [4.69, 9.17) is 0 Å². The average Bonchev–Trinajstić information content (AvgIpc) is 2.79. The minimum atomic E-state index is -0.116. The zero-order valence-corrected chi connectivity index (χ0v) is 22.5. The van der Waals surface area contributed by atoms with Gasteiger partial charge in [0.05, 0.1) is 0 Å². The summed E-state index contributed by atoms with van der Waals surface area (Å²) in [5, 5.41) is 0. The molecule has 1 aliphatic carbocycles. The topological polar surface area (TPSA) is 0 Å². The van der Waals surface area contributed by atoms with E-state index in [1.54, 1.807) is 26.0 Å². The molecule has 2 heteroatoms. The van der Waals surface area contributed by atoms with Crippen molar-refractivity contribution in [3.05, 3.63) is 106 Å². The van der Waals surface area contributed by atoms with Crippen molar-refractivity contribution in [2.75, 3.05) is 0 Å². The summed E-state index contributed by atoms with van der Waals surface area (Å²) in [4.78, 5) is 0. The van der Waals surface area contributed by atoms with E-state index < -0.39 is 0 Å². The highest BCUT2D eigenvalue weighted by atomic mass is 19.1. The van der Waals surface area contributed by atoms with E-state index >= 15 is 0 Å². The minimum Gasteiger partial charge on any atom is -0.207 e. The quantitative estimate of drug-likeness (QED) is 0.299. The predicted octanol–water partition coefficient (Wildman–Crippen LogP) is 10.7. The van der Waals surface area contributed by atoms with Crippen molar-refractivity contribution < 1.29 is 8.78 Å². The van der Waals surface area contributed by atoms with Crippen LogP contribution in [0.25, 0.3) is 0 Å². The highest BCUT2D eigenvalue weighted by molar-refractivity contribution is 5.22. The van der Waals surface area contributed by atoms with Crippen LogP contribution in [0.15, 0.2) is 60.7 Å². The molecular formula is C33H48F2. The maximum atomic E-state index is 12.6. The summed E-state index contributed by atoms with van der Waals surface area (Å²) >= 11 is 0. The first kappa shape index (κ1) is 32.5. The molecule has 1 saturated carbocycles. The minimum absolute atomic E-state index is 0. The van der Waals surface area contributed by atoms with Gasteiger partial charge in [-0.15, -0.1) is 0 Å². The number of hydrogen-bond donors (Lipinski definition) is 0. The molecule has 0 aliphatic heterocycles. The molecule has 0 N–H and O–H groups in total.